The molecule has 2 spiro atoms. The van der Waals surface area contributed by atoms with Crippen molar-refractivity contribution in [3.8, 4) is 5.75 Å². The number of hydrogen-bond donors (Lipinski definition) is 1. The van der Waals surface area contributed by atoms with Crippen molar-refractivity contribution in [3.63, 3.8) is 0 Å². The lowest BCUT2D eigenvalue weighted by molar-refractivity contribution is -0.183. The third kappa shape index (κ3) is 4.90. The predicted octanol–water partition coefficient (Wildman–Crippen LogP) is 3.54. The zero-order valence-electron chi connectivity index (χ0n) is 20.2. The van der Waals surface area contributed by atoms with Gasteiger partial charge in [-0.15, -0.1) is 5.10 Å². The van der Waals surface area contributed by atoms with Crippen LogP contribution in [0, 0.1) is 17.2 Å². The molecule has 8 nitrogen and oxygen atoms in total. The summed E-state index contributed by atoms with van der Waals surface area (Å²) in [6.45, 7) is 7.33. The highest BCUT2D eigenvalue weighted by Crippen LogP contribution is 2.50. The van der Waals surface area contributed by atoms with Crippen molar-refractivity contribution in [2.45, 2.75) is 50.0 Å². The molecule has 1 aromatic heterocycles. The number of hydrogen-bond acceptors (Lipinski definition) is 8. The van der Waals surface area contributed by atoms with E-state index in [0.717, 1.165) is 83.2 Å². The van der Waals surface area contributed by atoms with E-state index in [1.165, 1.54) is 31.7 Å². The molecule has 9 heteroatoms. The first kappa shape index (κ1) is 23.2. The van der Waals surface area contributed by atoms with Crippen LogP contribution in [-0.4, -0.2) is 68.4 Å². The summed E-state index contributed by atoms with van der Waals surface area (Å²) < 4.78 is 35.8. The van der Waals surface area contributed by atoms with Gasteiger partial charge in [0.2, 0.25) is 6.39 Å². The zero-order chi connectivity index (χ0) is 23.7. The van der Waals surface area contributed by atoms with Gasteiger partial charge in [-0.25, -0.2) is 4.39 Å². The fourth-order valence-corrected chi connectivity index (χ4v) is 6.31. The Balaban J connectivity index is 0.000000149. The molecule has 190 valence electrons. The van der Waals surface area contributed by atoms with E-state index in [2.05, 4.69) is 20.4 Å². The highest BCUT2D eigenvalue weighted by Gasteiger charge is 2.50. The number of ether oxygens (including phenoxy) is 3. The minimum absolute atomic E-state index is 0.106. The average molecular weight is 487 g/mol. The van der Waals surface area contributed by atoms with Crippen LogP contribution in [0.15, 0.2) is 29.0 Å². The molecule has 4 aliphatic heterocycles. The quantitative estimate of drug-likeness (QED) is 0.688. The molecular weight excluding hydrogens is 451 g/mol. The van der Waals surface area contributed by atoms with Crippen LogP contribution in [0.4, 0.5) is 10.4 Å². The number of piperidine rings is 1. The first-order valence-corrected chi connectivity index (χ1v) is 13.0. The molecule has 5 fully saturated rings. The molecule has 35 heavy (non-hydrogen) atoms. The summed E-state index contributed by atoms with van der Waals surface area (Å²) in [5, 5.41) is 10.9. The van der Waals surface area contributed by atoms with Crippen LogP contribution in [-0.2, 0) is 9.47 Å². The lowest BCUT2D eigenvalue weighted by Crippen LogP contribution is -2.61. The number of benzene rings is 1. The van der Waals surface area contributed by atoms with Gasteiger partial charge in [-0.2, -0.15) is 0 Å². The van der Waals surface area contributed by atoms with E-state index in [4.69, 9.17) is 18.6 Å². The lowest BCUT2D eigenvalue weighted by atomic mass is 9.61. The molecule has 5 heterocycles. The molecule has 2 aromatic rings. The smallest absolute Gasteiger partial charge is 0.318 e. The van der Waals surface area contributed by atoms with Gasteiger partial charge < -0.3 is 28.8 Å². The number of aromatic nitrogens is 2. The van der Waals surface area contributed by atoms with Crippen molar-refractivity contribution in [1.29, 1.82) is 0 Å². The van der Waals surface area contributed by atoms with E-state index in [1.54, 1.807) is 6.07 Å². The van der Waals surface area contributed by atoms with Crippen molar-refractivity contribution >= 4 is 6.01 Å². The number of anilines is 1. The highest BCUT2D eigenvalue weighted by molar-refractivity contribution is 5.37. The topological polar surface area (TPSA) is 81.9 Å². The van der Waals surface area contributed by atoms with Crippen molar-refractivity contribution in [1.82, 2.24) is 15.5 Å². The SMILES string of the molecule is Fc1ccc(OCC2CC3(COC3)C2)c(C2CCNCC2)c1.c1nnc(N2CC3(CCCO3)C2)o1. The molecule has 0 atom stereocenters. The van der Waals surface area contributed by atoms with Gasteiger partial charge in [0.05, 0.1) is 32.9 Å². The molecule has 1 saturated carbocycles. The van der Waals surface area contributed by atoms with Crippen LogP contribution in [0.2, 0.25) is 0 Å². The first-order valence-electron chi connectivity index (χ1n) is 13.0. The average Bonchev–Trinajstić information content (AvgIpc) is 3.50. The van der Waals surface area contributed by atoms with E-state index in [-0.39, 0.29) is 11.4 Å². The molecule has 5 aliphatic rings. The lowest BCUT2D eigenvalue weighted by Gasteiger charge is -2.53. The van der Waals surface area contributed by atoms with Crippen molar-refractivity contribution in [2.24, 2.45) is 11.3 Å². The third-order valence-electron chi connectivity index (χ3n) is 8.25. The predicted molar refractivity (Wildman–Crippen MR) is 127 cm³/mol. The monoisotopic (exact) mass is 486 g/mol. The fraction of sp³-hybridized carbons (Fsp3) is 0.692. The van der Waals surface area contributed by atoms with Gasteiger partial charge in [0.25, 0.3) is 0 Å². The van der Waals surface area contributed by atoms with Gasteiger partial charge in [0.1, 0.15) is 17.2 Å². The van der Waals surface area contributed by atoms with Crippen LogP contribution in [0.5, 0.6) is 5.75 Å². The summed E-state index contributed by atoms with van der Waals surface area (Å²) in [6, 6.07) is 5.62. The van der Waals surface area contributed by atoms with Crippen molar-refractivity contribution in [3.05, 3.63) is 36.0 Å². The summed E-state index contributed by atoms with van der Waals surface area (Å²) in [7, 11) is 0. The Morgan fingerprint density at radius 2 is 2.00 bits per heavy atom. The normalized spacial score (nSPS) is 24.9. The second-order valence-electron chi connectivity index (χ2n) is 11.0. The largest absolute Gasteiger partial charge is 0.493 e. The van der Waals surface area contributed by atoms with Crippen molar-refractivity contribution in [2.75, 3.05) is 57.5 Å². The Hall–Kier alpha value is -2.23. The molecule has 0 radical (unpaired) electrons. The van der Waals surface area contributed by atoms with Crippen LogP contribution >= 0.6 is 0 Å². The van der Waals surface area contributed by atoms with E-state index in [9.17, 15) is 4.39 Å². The van der Waals surface area contributed by atoms with Gasteiger partial charge in [0, 0.05) is 17.6 Å². The Morgan fingerprint density at radius 3 is 2.66 bits per heavy atom. The molecule has 1 aromatic carbocycles. The third-order valence-corrected chi connectivity index (χ3v) is 8.25. The van der Waals surface area contributed by atoms with Crippen LogP contribution in [0.3, 0.4) is 0 Å². The molecule has 1 N–H and O–H groups in total. The zero-order valence-corrected chi connectivity index (χ0v) is 20.2. The molecule has 7 rings (SSSR count). The van der Waals surface area contributed by atoms with E-state index < -0.39 is 0 Å². The standard InChI is InChI=1S/C18H24FNO2.C8H11N3O2/c19-15-1-2-17(16(7-15)14-3-5-20-6-4-14)22-10-13-8-18(9-13)11-21-12-18;1-2-8(13-3-1)4-11(5-8)7-10-9-6-12-7/h1-2,7,13-14,20H,3-6,8-12H2;6H,1-5H2. The Morgan fingerprint density at radius 1 is 1.17 bits per heavy atom. The number of nitrogens with one attached hydrogen (secondary N) is 1. The Kier molecular flexibility index (Phi) is 6.41. The molecule has 0 bridgehead atoms. The maximum atomic E-state index is 13.6. The summed E-state index contributed by atoms with van der Waals surface area (Å²) in [5.41, 5.74) is 1.64. The summed E-state index contributed by atoms with van der Waals surface area (Å²) >= 11 is 0. The van der Waals surface area contributed by atoms with E-state index >= 15 is 0 Å². The number of halogens is 1. The molecule has 4 saturated heterocycles. The summed E-state index contributed by atoms with van der Waals surface area (Å²) in [4.78, 5) is 2.05. The fourth-order valence-electron chi connectivity index (χ4n) is 6.31. The molecule has 0 amide bonds. The van der Waals surface area contributed by atoms with Gasteiger partial charge in [-0.1, -0.05) is 5.10 Å². The Bertz CT molecular complexity index is 971. The molecule has 0 unspecified atom stereocenters. The van der Waals surface area contributed by atoms with Crippen molar-refractivity contribution < 1.29 is 23.0 Å². The second kappa shape index (κ2) is 9.67. The van der Waals surface area contributed by atoms with Gasteiger partial charge in [-0.05, 0) is 81.6 Å². The van der Waals surface area contributed by atoms with Gasteiger partial charge in [-0.3, -0.25) is 0 Å². The first-order chi connectivity index (χ1) is 17.1. The summed E-state index contributed by atoms with van der Waals surface area (Å²) in [6.07, 6.45) is 8.26. The summed E-state index contributed by atoms with van der Waals surface area (Å²) in [5.74, 6) is 1.78. The number of nitrogens with zero attached hydrogens (tertiary/aromatic N) is 3. The Labute approximate surface area is 205 Å². The highest BCUT2D eigenvalue weighted by atomic mass is 19.1. The minimum atomic E-state index is -0.157. The van der Waals surface area contributed by atoms with Crippen LogP contribution in [0.1, 0.15) is 50.0 Å². The van der Waals surface area contributed by atoms with Crippen LogP contribution in [0.25, 0.3) is 0 Å². The van der Waals surface area contributed by atoms with Gasteiger partial charge in [0.15, 0.2) is 0 Å². The second-order valence-corrected chi connectivity index (χ2v) is 11.0. The minimum Gasteiger partial charge on any atom is -0.493 e. The van der Waals surface area contributed by atoms with E-state index in [1.807, 2.05) is 6.07 Å². The van der Waals surface area contributed by atoms with Gasteiger partial charge >= 0.3 is 6.01 Å². The maximum Gasteiger partial charge on any atom is 0.318 e. The molecule has 1 aliphatic carbocycles. The molecular formula is C26H35FN4O4. The van der Waals surface area contributed by atoms with Crippen LogP contribution < -0.4 is 15.0 Å². The van der Waals surface area contributed by atoms with E-state index in [0.29, 0.717) is 23.3 Å². The number of rotatable bonds is 5. The maximum absolute atomic E-state index is 13.6.